The van der Waals surface area contributed by atoms with Crippen LogP contribution in [0.3, 0.4) is 0 Å². The normalized spacial score (nSPS) is 11.5. The highest BCUT2D eigenvalue weighted by Crippen LogP contribution is 2.36. The minimum Gasteiger partial charge on any atom is -0.351 e. The van der Waals surface area contributed by atoms with E-state index in [2.05, 4.69) is 42.7 Å². The van der Waals surface area contributed by atoms with Crippen molar-refractivity contribution in [2.24, 2.45) is 0 Å². The Hall–Kier alpha value is -1.24. The molecule has 2 aromatic carbocycles. The van der Waals surface area contributed by atoms with Gasteiger partial charge in [-0.3, -0.25) is 0 Å². The van der Waals surface area contributed by atoms with E-state index in [4.69, 9.17) is 26.8 Å². The lowest BCUT2D eigenvalue weighted by Crippen LogP contribution is -2.21. The van der Waals surface area contributed by atoms with Crippen molar-refractivity contribution in [2.45, 2.75) is 60.7 Å². The molecule has 0 unspecified atom stereocenters. The third kappa shape index (κ3) is 12.4. The summed E-state index contributed by atoms with van der Waals surface area (Å²) in [4.78, 5) is 2.14. The maximum absolute atomic E-state index is 5.54. The van der Waals surface area contributed by atoms with Crippen LogP contribution in [0.25, 0.3) is 9.81 Å². The highest BCUT2D eigenvalue weighted by molar-refractivity contribution is 8.09. The molecule has 2 aromatic rings. The number of rotatable bonds is 9. The van der Waals surface area contributed by atoms with Gasteiger partial charge in [0.25, 0.3) is 0 Å². The Morgan fingerprint density at radius 2 is 1.39 bits per heavy atom. The van der Waals surface area contributed by atoms with E-state index < -0.39 is 0 Å². The molecule has 0 fully saturated rings. The highest BCUT2D eigenvalue weighted by Gasteiger charge is 2.09. The molecule has 2 rings (SSSR count). The molecule has 0 radical (unpaired) electrons. The van der Waals surface area contributed by atoms with E-state index in [0.717, 1.165) is 20.9 Å². The summed E-state index contributed by atoms with van der Waals surface area (Å²) in [6.45, 7) is 14.9. The molecule has 0 atom stereocenters. The molecule has 0 saturated heterocycles. The van der Waals surface area contributed by atoms with Gasteiger partial charge < -0.3 is 14.2 Å². The first kappa shape index (κ1) is 29.8. The number of thioether (sulfide) groups is 1. The summed E-state index contributed by atoms with van der Waals surface area (Å²) < 4.78 is 16.3. The molecule has 5 heteroatoms. The zero-order valence-electron chi connectivity index (χ0n) is 20.4. The fraction of sp³-hybridized carbons (Fsp3) is 0.462. The first-order chi connectivity index (χ1) is 14.9. The maximum atomic E-state index is 5.54. The molecule has 31 heavy (non-hydrogen) atoms. The van der Waals surface area contributed by atoms with Crippen molar-refractivity contribution in [3.8, 4) is 0 Å². The van der Waals surface area contributed by atoms with Crippen molar-refractivity contribution in [1.29, 1.82) is 0 Å². The van der Waals surface area contributed by atoms with Gasteiger partial charge in [0.05, 0.1) is 12.2 Å². The van der Waals surface area contributed by atoms with Gasteiger partial charge in [0.2, 0.25) is 0 Å². The number of hydrogen-bond donors (Lipinski definition) is 1. The summed E-state index contributed by atoms with van der Waals surface area (Å²) >= 11 is 6.47. The van der Waals surface area contributed by atoms with Gasteiger partial charge in [-0.2, -0.15) is 0 Å². The van der Waals surface area contributed by atoms with Crippen LogP contribution in [-0.2, 0) is 20.8 Å². The first-order valence-corrected chi connectivity index (χ1v) is 12.5. The largest absolute Gasteiger partial charge is 0.351 e. The first-order valence-electron chi connectivity index (χ1n) is 10.8. The Kier molecular flexibility index (Phi) is 16.6. The van der Waals surface area contributed by atoms with Gasteiger partial charge >= 0.3 is 0 Å². The average molecular weight is 465 g/mol. The molecule has 0 spiro atoms. The van der Waals surface area contributed by atoms with Crippen molar-refractivity contribution in [2.75, 3.05) is 19.8 Å². The van der Waals surface area contributed by atoms with E-state index in [1.54, 1.807) is 11.8 Å². The molecule has 0 aliphatic heterocycles. The van der Waals surface area contributed by atoms with E-state index >= 15 is 0 Å². The Bertz CT molecular complexity index is 721. The third-order valence-corrected chi connectivity index (χ3v) is 5.17. The van der Waals surface area contributed by atoms with E-state index in [1.807, 2.05) is 66.7 Å². The molecular weight excluding hydrogens is 424 g/mol. The van der Waals surface area contributed by atoms with Crippen LogP contribution in [-0.4, -0.2) is 25.4 Å². The van der Waals surface area contributed by atoms with E-state index in [9.17, 15) is 0 Å². The second-order valence-electron chi connectivity index (χ2n) is 6.99. The van der Waals surface area contributed by atoms with E-state index in [0.29, 0.717) is 6.61 Å². The van der Waals surface area contributed by atoms with Crippen LogP contribution in [0.2, 0.25) is 0 Å². The molecular formula is C26H40O3S2. The molecule has 3 nitrogen and oxygen atoms in total. The predicted molar refractivity (Wildman–Crippen MR) is 141 cm³/mol. The maximum Gasteiger partial charge on any atom is 0.150 e. The van der Waals surface area contributed by atoms with E-state index in [1.165, 1.54) is 5.56 Å². The van der Waals surface area contributed by atoms with E-state index in [-0.39, 0.29) is 19.2 Å². The van der Waals surface area contributed by atoms with Crippen molar-refractivity contribution in [1.82, 2.24) is 0 Å². The fourth-order valence-corrected chi connectivity index (χ4v) is 3.54. The third-order valence-electron chi connectivity index (χ3n) is 3.69. The molecule has 0 aliphatic carbocycles. The number of hydrogen-bond acceptors (Lipinski definition) is 5. The van der Waals surface area contributed by atoms with Crippen LogP contribution in [0.1, 0.15) is 65.2 Å². The summed E-state index contributed by atoms with van der Waals surface area (Å²) in [7, 11) is 0. The van der Waals surface area contributed by atoms with Crippen molar-refractivity contribution in [3.05, 3.63) is 71.3 Å². The minimum atomic E-state index is -0.205. The summed E-state index contributed by atoms with van der Waals surface area (Å²) in [6.07, 6.45) is 2.07. The second kappa shape index (κ2) is 17.3. The van der Waals surface area contributed by atoms with Gasteiger partial charge in [0.15, 0.2) is 0 Å². The summed E-state index contributed by atoms with van der Waals surface area (Å²) in [5.74, 6) is 0. The quantitative estimate of drug-likeness (QED) is 0.175. The Labute approximate surface area is 200 Å². The van der Waals surface area contributed by atoms with Crippen LogP contribution < -0.4 is 0 Å². The van der Waals surface area contributed by atoms with Gasteiger partial charge in [-0.05, 0) is 43.7 Å². The zero-order chi connectivity index (χ0) is 23.7. The smallest absolute Gasteiger partial charge is 0.150 e. The molecule has 0 saturated carbocycles. The number of thiol groups is 1. The van der Waals surface area contributed by atoms with Gasteiger partial charge in [-0.1, -0.05) is 82.3 Å². The Morgan fingerprint density at radius 3 is 1.90 bits per heavy atom. The van der Waals surface area contributed by atoms with Crippen molar-refractivity contribution >= 4 is 34.2 Å². The van der Waals surface area contributed by atoms with Gasteiger partial charge in [-0.15, -0.1) is 24.4 Å². The SMILES string of the molecule is CC.CC.CS/C(=C(\S)c1ccc(COCOCOC(C)(C)C)cc1)c1ccccc1. The Balaban J connectivity index is 0.00000212. The summed E-state index contributed by atoms with van der Waals surface area (Å²) in [6, 6.07) is 18.6. The van der Waals surface area contributed by atoms with Crippen molar-refractivity contribution < 1.29 is 14.2 Å². The summed E-state index contributed by atoms with van der Waals surface area (Å²) in [5, 5.41) is 0. The van der Waals surface area contributed by atoms with Crippen molar-refractivity contribution in [3.63, 3.8) is 0 Å². The molecule has 0 aromatic heterocycles. The van der Waals surface area contributed by atoms with Crippen LogP contribution in [0, 0.1) is 0 Å². The van der Waals surface area contributed by atoms with Gasteiger partial charge in [-0.25, -0.2) is 0 Å². The predicted octanol–water partition coefficient (Wildman–Crippen LogP) is 8.12. The topological polar surface area (TPSA) is 27.7 Å². The lowest BCUT2D eigenvalue weighted by atomic mass is 10.1. The van der Waals surface area contributed by atoms with Crippen LogP contribution in [0.5, 0.6) is 0 Å². The molecule has 174 valence electrons. The molecule has 0 aliphatic rings. The fourth-order valence-electron chi connectivity index (χ4n) is 2.30. The molecule has 0 heterocycles. The molecule has 0 amide bonds. The standard InChI is InChI=1S/C22H28O3S2.2C2H6/c1-22(2,3)25-16-24-15-23-14-17-10-12-18(13-11-17)20(26)21(27-4)19-8-6-5-7-9-19;2*1-2/h5-13,26H,14-16H2,1-4H3;2*1-2H3/b21-20-;;. The monoisotopic (exact) mass is 464 g/mol. The lowest BCUT2D eigenvalue weighted by Gasteiger charge is -2.19. The zero-order valence-corrected chi connectivity index (χ0v) is 22.1. The van der Waals surface area contributed by atoms with Crippen LogP contribution in [0.4, 0.5) is 0 Å². The van der Waals surface area contributed by atoms with Gasteiger partial charge in [0.1, 0.15) is 13.6 Å². The van der Waals surface area contributed by atoms with Crippen LogP contribution >= 0.6 is 24.4 Å². The lowest BCUT2D eigenvalue weighted by molar-refractivity contribution is -0.170. The van der Waals surface area contributed by atoms with Gasteiger partial charge in [0, 0.05) is 9.81 Å². The summed E-state index contributed by atoms with van der Waals surface area (Å²) in [5.41, 5.74) is 3.15. The molecule has 0 N–H and O–H groups in total. The number of ether oxygens (including phenoxy) is 3. The van der Waals surface area contributed by atoms with Crippen LogP contribution in [0.15, 0.2) is 54.6 Å². The molecule has 0 bridgehead atoms. The minimum absolute atomic E-state index is 0.205. The number of benzene rings is 2. The highest BCUT2D eigenvalue weighted by atomic mass is 32.2. The average Bonchev–Trinajstić information content (AvgIpc) is 2.80. The Morgan fingerprint density at radius 1 is 0.806 bits per heavy atom. The second-order valence-corrected chi connectivity index (χ2v) is 8.25.